The first kappa shape index (κ1) is 14.3. The molecule has 0 radical (unpaired) electrons. The minimum absolute atomic E-state index is 0.316. The summed E-state index contributed by atoms with van der Waals surface area (Å²) in [6.07, 6.45) is 2.80. The second-order valence-corrected chi connectivity index (χ2v) is 5.55. The van der Waals surface area contributed by atoms with Crippen molar-refractivity contribution in [1.29, 1.82) is 0 Å². The summed E-state index contributed by atoms with van der Waals surface area (Å²) in [4.78, 5) is 17.5. The number of nitrogens with two attached hydrogens (primary N) is 1. The molecular weight excluding hydrogens is 270 g/mol. The molecule has 1 saturated heterocycles. The van der Waals surface area contributed by atoms with Crippen molar-refractivity contribution in [3.05, 3.63) is 0 Å². The SMILES string of the molecule is CCOc1nc(NN)nc(N2CCN(CC3CC3)CC2)n1. The molecule has 2 fully saturated rings. The maximum Gasteiger partial charge on any atom is 0.323 e. The predicted molar refractivity (Wildman–Crippen MR) is 80.2 cm³/mol. The molecule has 1 saturated carbocycles. The Kier molecular flexibility index (Phi) is 4.35. The van der Waals surface area contributed by atoms with Gasteiger partial charge in [-0.25, -0.2) is 5.84 Å². The first-order valence-electron chi connectivity index (χ1n) is 7.61. The van der Waals surface area contributed by atoms with Gasteiger partial charge in [0.15, 0.2) is 0 Å². The normalized spacial score (nSPS) is 19.6. The number of nitrogen functional groups attached to an aromatic ring is 1. The van der Waals surface area contributed by atoms with E-state index in [0.29, 0.717) is 24.5 Å². The standard InChI is InChI=1S/C13H23N7O/c1-2-21-13-16-11(18-14)15-12(17-13)20-7-5-19(6-8-20)9-10-3-4-10/h10H,2-9,14H2,1H3,(H,15,16,17,18). The fourth-order valence-corrected chi connectivity index (χ4v) is 2.54. The van der Waals surface area contributed by atoms with Gasteiger partial charge in [0.1, 0.15) is 0 Å². The van der Waals surface area contributed by atoms with Gasteiger partial charge in [-0.15, -0.1) is 0 Å². The molecule has 3 N–H and O–H groups in total. The maximum absolute atomic E-state index is 5.41. The third kappa shape index (κ3) is 3.70. The fourth-order valence-electron chi connectivity index (χ4n) is 2.54. The Balaban J connectivity index is 1.64. The Morgan fingerprint density at radius 1 is 1.19 bits per heavy atom. The Labute approximate surface area is 124 Å². The summed E-state index contributed by atoms with van der Waals surface area (Å²) in [7, 11) is 0. The van der Waals surface area contributed by atoms with Crippen molar-refractivity contribution in [1.82, 2.24) is 19.9 Å². The summed E-state index contributed by atoms with van der Waals surface area (Å²) in [5.41, 5.74) is 2.47. The van der Waals surface area contributed by atoms with Crippen LogP contribution < -0.4 is 20.9 Å². The van der Waals surface area contributed by atoms with Gasteiger partial charge in [-0.3, -0.25) is 10.3 Å². The predicted octanol–water partition coefficient (Wildman–Crippen LogP) is 0.0879. The third-order valence-electron chi connectivity index (χ3n) is 3.87. The largest absolute Gasteiger partial charge is 0.464 e. The topological polar surface area (TPSA) is 92.4 Å². The molecule has 0 unspecified atom stereocenters. The van der Waals surface area contributed by atoms with Crippen molar-refractivity contribution in [3.63, 3.8) is 0 Å². The molecule has 0 atom stereocenters. The Hall–Kier alpha value is -1.67. The van der Waals surface area contributed by atoms with Crippen LogP contribution in [0.5, 0.6) is 6.01 Å². The van der Waals surface area contributed by atoms with Crippen LogP contribution in [-0.4, -0.2) is 59.2 Å². The van der Waals surface area contributed by atoms with Crippen molar-refractivity contribution in [2.75, 3.05) is 49.7 Å². The van der Waals surface area contributed by atoms with Crippen LogP contribution in [0.25, 0.3) is 0 Å². The zero-order valence-corrected chi connectivity index (χ0v) is 12.5. The van der Waals surface area contributed by atoms with Gasteiger partial charge in [-0.2, -0.15) is 15.0 Å². The van der Waals surface area contributed by atoms with Crippen LogP contribution >= 0.6 is 0 Å². The Morgan fingerprint density at radius 3 is 2.57 bits per heavy atom. The van der Waals surface area contributed by atoms with Gasteiger partial charge < -0.3 is 9.64 Å². The molecule has 116 valence electrons. The molecule has 8 nitrogen and oxygen atoms in total. The van der Waals surface area contributed by atoms with Crippen LogP contribution in [0.2, 0.25) is 0 Å². The zero-order chi connectivity index (χ0) is 14.7. The van der Waals surface area contributed by atoms with E-state index < -0.39 is 0 Å². The van der Waals surface area contributed by atoms with Crippen LogP contribution in [-0.2, 0) is 0 Å². The highest BCUT2D eigenvalue weighted by Crippen LogP contribution is 2.30. The molecule has 0 aromatic carbocycles. The van der Waals surface area contributed by atoms with E-state index >= 15 is 0 Å². The molecule has 1 aromatic heterocycles. The van der Waals surface area contributed by atoms with Crippen LogP contribution in [0.3, 0.4) is 0 Å². The van der Waals surface area contributed by atoms with Gasteiger partial charge in [-0.05, 0) is 25.7 Å². The van der Waals surface area contributed by atoms with E-state index in [1.165, 1.54) is 19.4 Å². The van der Waals surface area contributed by atoms with E-state index in [1.54, 1.807) is 0 Å². The minimum Gasteiger partial charge on any atom is -0.464 e. The summed E-state index contributed by atoms with van der Waals surface area (Å²) >= 11 is 0. The van der Waals surface area contributed by atoms with E-state index in [2.05, 4.69) is 30.2 Å². The molecule has 1 aliphatic carbocycles. The lowest BCUT2D eigenvalue weighted by atomic mass is 10.3. The van der Waals surface area contributed by atoms with Crippen LogP contribution in [0.4, 0.5) is 11.9 Å². The lowest BCUT2D eigenvalue weighted by Crippen LogP contribution is -2.47. The monoisotopic (exact) mass is 293 g/mol. The van der Waals surface area contributed by atoms with Crippen LogP contribution in [0, 0.1) is 5.92 Å². The molecule has 0 amide bonds. The lowest BCUT2D eigenvalue weighted by Gasteiger charge is -2.34. The second-order valence-electron chi connectivity index (χ2n) is 5.55. The Morgan fingerprint density at radius 2 is 1.95 bits per heavy atom. The molecule has 1 aromatic rings. The van der Waals surface area contributed by atoms with Crippen molar-refractivity contribution >= 4 is 11.9 Å². The molecule has 0 spiro atoms. The van der Waals surface area contributed by atoms with E-state index in [0.717, 1.165) is 32.1 Å². The number of hydrogen-bond donors (Lipinski definition) is 2. The van der Waals surface area contributed by atoms with Gasteiger partial charge in [0, 0.05) is 32.7 Å². The highest BCUT2D eigenvalue weighted by atomic mass is 16.5. The van der Waals surface area contributed by atoms with E-state index in [1.807, 2.05) is 6.92 Å². The lowest BCUT2D eigenvalue weighted by molar-refractivity contribution is 0.246. The molecule has 2 heterocycles. The summed E-state index contributed by atoms with van der Waals surface area (Å²) in [6, 6.07) is 0.316. The number of nitrogens with one attached hydrogen (secondary N) is 1. The Bertz CT molecular complexity index is 472. The third-order valence-corrected chi connectivity index (χ3v) is 3.87. The molecular formula is C13H23N7O. The molecule has 3 rings (SSSR count). The van der Waals surface area contributed by atoms with Gasteiger partial charge in [0.2, 0.25) is 11.9 Å². The van der Waals surface area contributed by atoms with E-state index in [4.69, 9.17) is 10.6 Å². The van der Waals surface area contributed by atoms with Crippen molar-refractivity contribution in [3.8, 4) is 6.01 Å². The van der Waals surface area contributed by atoms with Gasteiger partial charge in [0.05, 0.1) is 6.61 Å². The van der Waals surface area contributed by atoms with Crippen molar-refractivity contribution in [2.45, 2.75) is 19.8 Å². The summed E-state index contributed by atoms with van der Waals surface area (Å²) in [6.45, 7) is 7.61. The smallest absolute Gasteiger partial charge is 0.323 e. The average molecular weight is 293 g/mol. The summed E-state index contributed by atoms with van der Waals surface area (Å²) in [5.74, 6) is 7.32. The maximum atomic E-state index is 5.41. The van der Waals surface area contributed by atoms with Crippen molar-refractivity contribution in [2.24, 2.45) is 11.8 Å². The number of hydrazine groups is 1. The van der Waals surface area contributed by atoms with Crippen molar-refractivity contribution < 1.29 is 4.74 Å². The van der Waals surface area contributed by atoms with Crippen LogP contribution in [0.1, 0.15) is 19.8 Å². The number of piperazine rings is 1. The first-order valence-corrected chi connectivity index (χ1v) is 7.61. The molecule has 2 aliphatic rings. The number of hydrogen-bond acceptors (Lipinski definition) is 8. The molecule has 1 aliphatic heterocycles. The quantitative estimate of drug-likeness (QED) is 0.563. The first-order chi connectivity index (χ1) is 10.3. The number of ether oxygens (including phenoxy) is 1. The number of nitrogens with zero attached hydrogens (tertiary/aromatic N) is 5. The van der Waals surface area contributed by atoms with Crippen LogP contribution in [0.15, 0.2) is 0 Å². The number of anilines is 2. The minimum atomic E-state index is 0.316. The fraction of sp³-hybridized carbons (Fsp3) is 0.769. The average Bonchev–Trinajstić information content (AvgIpc) is 3.32. The number of aromatic nitrogens is 3. The van der Waals surface area contributed by atoms with Gasteiger partial charge in [-0.1, -0.05) is 0 Å². The highest BCUT2D eigenvalue weighted by Gasteiger charge is 2.27. The van der Waals surface area contributed by atoms with E-state index in [9.17, 15) is 0 Å². The molecule has 21 heavy (non-hydrogen) atoms. The molecule has 8 heteroatoms. The van der Waals surface area contributed by atoms with E-state index in [-0.39, 0.29) is 0 Å². The second kappa shape index (κ2) is 6.40. The van der Waals surface area contributed by atoms with Gasteiger partial charge in [0.25, 0.3) is 0 Å². The zero-order valence-electron chi connectivity index (χ0n) is 12.5. The summed E-state index contributed by atoms with van der Waals surface area (Å²) in [5, 5.41) is 0. The highest BCUT2D eigenvalue weighted by molar-refractivity contribution is 5.38. The number of rotatable bonds is 6. The molecule has 0 bridgehead atoms. The van der Waals surface area contributed by atoms with Gasteiger partial charge >= 0.3 is 6.01 Å². The summed E-state index contributed by atoms with van der Waals surface area (Å²) < 4.78 is 5.37.